The highest BCUT2D eigenvalue weighted by atomic mass is 16.6. The number of aryl methyl sites for hydroxylation is 2. The van der Waals surface area contributed by atoms with Gasteiger partial charge in [0.2, 0.25) is 0 Å². The SMILES string of the molecule is Cc1ccc(C(=O)OC2C3CC4C(=O)OC2C4C3)cc1C. The van der Waals surface area contributed by atoms with E-state index in [4.69, 9.17) is 9.47 Å². The molecule has 0 radical (unpaired) electrons. The summed E-state index contributed by atoms with van der Waals surface area (Å²) in [5.41, 5.74) is 2.80. The summed E-state index contributed by atoms with van der Waals surface area (Å²) >= 11 is 0. The number of hydrogen-bond donors (Lipinski definition) is 0. The fourth-order valence-corrected chi connectivity index (χ4v) is 4.12. The van der Waals surface area contributed by atoms with E-state index in [9.17, 15) is 9.59 Å². The van der Waals surface area contributed by atoms with Gasteiger partial charge in [0.15, 0.2) is 0 Å². The van der Waals surface area contributed by atoms with Crippen LogP contribution in [0, 0.1) is 31.6 Å². The topological polar surface area (TPSA) is 52.6 Å². The summed E-state index contributed by atoms with van der Waals surface area (Å²) in [5, 5.41) is 0. The van der Waals surface area contributed by atoms with E-state index in [1.165, 1.54) is 0 Å². The van der Waals surface area contributed by atoms with Crippen molar-refractivity contribution in [1.82, 2.24) is 0 Å². The average molecular weight is 286 g/mol. The number of hydrogen-bond acceptors (Lipinski definition) is 4. The van der Waals surface area contributed by atoms with Crippen molar-refractivity contribution < 1.29 is 19.1 Å². The first kappa shape index (κ1) is 12.9. The Hall–Kier alpha value is -1.84. The molecule has 1 saturated heterocycles. The molecule has 2 bridgehead atoms. The molecular weight excluding hydrogens is 268 g/mol. The molecule has 21 heavy (non-hydrogen) atoms. The van der Waals surface area contributed by atoms with Gasteiger partial charge in [-0.1, -0.05) is 6.07 Å². The number of carbonyl (C=O) groups is 2. The van der Waals surface area contributed by atoms with Gasteiger partial charge < -0.3 is 9.47 Å². The molecule has 1 aromatic rings. The van der Waals surface area contributed by atoms with Gasteiger partial charge in [-0.2, -0.15) is 0 Å². The van der Waals surface area contributed by atoms with Gasteiger partial charge in [0.05, 0.1) is 11.5 Å². The summed E-state index contributed by atoms with van der Waals surface area (Å²) in [6, 6.07) is 5.58. The van der Waals surface area contributed by atoms with Crippen LogP contribution in [0.3, 0.4) is 0 Å². The van der Waals surface area contributed by atoms with E-state index in [2.05, 4.69) is 0 Å². The molecule has 0 spiro atoms. The first-order chi connectivity index (χ1) is 10.0. The summed E-state index contributed by atoms with van der Waals surface area (Å²) < 4.78 is 11.1. The third-order valence-electron chi connectivity index (χ3n) is 5.40. The van der Waals surface area contributed by atoms with Crippen molar-refractivity contribution in [3.63, 3.8) is 0 Å². The van der Waals surface area contributed by atoms with Gasteiger partial charge in [-0.3, -0.25) is 4.79 Å². The molecule has 4 rings (SSSR count). The Kier molecular flexibility index (Phi) is 2.65. The number of ether oxygens (including phenoxy) is 2. The largest absolute Gasteiger partial charge is 0.458 e. The Balaban J connectivity index is 1.53. The first-order valence-electron chi connectivity index (χ1n) is 7.53. The van der Waals surface area contributed by atoms with Crippen molar-refractivity contribution in [2.24, 2.45) is 17.8 Å². The molecule has 0 amide bonds. The van der Waals surface area contributed by atoms with E-state index in [0.717, 1.165) is 24.0 Å². The highest BCUT2D eigenvalue weighted by Gasteiger charge is 2.63. The molecule has 0 aromatic heterocycles. The van der Waals surface area contributed by atoms with Crippen LogP contribution in [-0.2, 0) is 14.3 Å². The lowest BCUT2D eigenvalue weighted by atomic mass is 9.88. The van der Waals surface area contributed by atoms with E-state index in [1.807, 2.05) is 26.0 Å². The van der Waals surface area contributed by atoms with Crippen LogP contribution in [-0.4, -0.2) is 24.1 Å². The van der Waals surface area contributed by atoms with Crippen LogP contribution in [0.5, 0.6) is 0 Å². The molecular formula is C17H18O4. The highest BCUT2D eigenvalue weighted by Crippen LogP contribution is 2.55. The fraction of sp³-hybridized carbons (Fsp3) is 0.529. The zero-order valence-electron chi connectivity index (χ0n) is 12.2. The molecule has 4 heteroatoms. The molecule has 1 heterocycles. The third-order valence-corrected chi connectivity index (χ3v) is 5.40. The van der Waals surface area contributed by atoms with Gasteiger partial charge in [0.25, 0.3) is 0 Å². The lowest BCUT2D eigenvalue weighted by Crippen LogP contribution is -2.36. The number of rotatable bonds is 2. The zero-order valence-corrected chi connectivity index (χ0v) is 12.2. The zero-order chi connectivity index (χ0) is 14.7. The van der Waals surface area contributed by atoms with Crippen LogP contribution < -0.4 is 0 Å². The summed E-state index contributed by atoms with van der Waals surface area (Å²) in [6.07, 6.45) is 1.29. The average Bonchev–Trinajstić information content (AvgIpc) is 3.06. The summed E-state index contributed by atoms with van der Waals surface area (Å²) in [5.74, 6) is 0.191. The lowest BCUT2D eigenvalue weighted by Gasteiger charge is -2.25. The number of esters is 2. The molecule has 3 aliphatic rings. The Morgan fingerprint density at radius 1 is 1.24 bits per heavy atom. The molecule has 5 unspecified atom stereocenters. The van der Waals surface area contributed by atoms with E-state index >= 15 is 0 Å². The minimum absolute atomic E-state index is 0.0524. The fourth-order valence-electron chi connectivity index (χ4n) is 4.12. The maximum atomic E-state index is 12.3. The first-order valence-corrected chi connectivity index (χ1v) is 7.53. The Bertz CT molecular complexity index is 636. The molecule has 1 aromatic carbocycles. The van der Waals surface area contributed by atoms with Crippen LogP contribution in [0.2, 0.25) is 0 Å². The molecule has 2 saturated carbocycles. The Morgan fingerprint density at radius 3 is 2.81 bits per heavy atom. The van der Waals surface area contributed by atoms with Crippen LogP contribution in [0.25, 0.3) is 0 Å². The highest BCUT2D eigenvalue weighted by molar-refractivity contribution is 5.90. The second-order valence-corrected chi connectivity index (χ2v) is 6.57. The van der Waals surface area contributed by atoms with Crippen LogP contribution >= 0.6 is 0 Å². The maximum Gasteiger partial charge on any atom is 0.338 e. The summed E-state index contributed by atoms with van der Waals surface area (Å²) in [4.78, 5) is 24.0. The number of carbonyl (C=O) groups excluding carboxylic acids is 2. The minimum Gasteiger partial charge on any atom is -0.458 e. The second-order valence-electron chi connectivity index (χ2n) is 6.57. The predicted molar refractivity (Wildman–Crippen MR) is 74.7 cm³/mol. The van der Waals surface area contributed by atoms with Gasteiger partial charge in [0, 0.05) is 11.8 Å². The van der Waals surface area contributed by atoms with E-state index < -0.39 is 0 Å². The maximum absolute atomic E-state index is 12.3. The van der Waals surface area contributed by atoms with E-state index in [1.54, 1.807) is 6.07 Å². The third kappa shape index (κ3) is 1.81. The molecule has 4 nitrogen and oxygen atoms in total. The molecule has 5 atom stereocenters. The van der Waals surface area contributed by atoms with Crippen molar-refractivity contribution >= 4 is 11.9 Å². The van der Waals surface area contributed by atoms with Crippen LogP contribution in [0.1, 0.15) is 34.3 Å². The van der Waals surface area contributed by atoms with Crippen molar-refractivity contribution in [2.75, 3.05) is 0 Å². The molecule has 0 N–H and O–H groups in total. The Labute approximate surface area is 123 Å². The van der Waals surface area contributed by atoms with Crippen molar-refractivity contribution in [1.29, 1.82) is 0 Å². The smallest absolute Gasteiger partial charge is 0.338 e. The van der Waals surface area contributed by atoms with E-state index in [-0.39, 0.29) is 41.9 Å². The van der Waals surface area contributed by atoms with Crippen LogP contribution in [0.4, 0.5) is 0 Å². The quantitative estimate of drug-likeness (QED) is 0.783. The van der Waals surface area contributed by atoms with Crippen molar-refractivity contribution in [3.05, 3.63) is 34.9 Å². The van der Waals surface area contributed by atoms with Gasteiger partial charge in [-0.25, -0.2) is 4.79 Å². The Morgan fingerprint density at radius 2 is 2.05 bits per heavy atom. The van der Waals surface area contributed by atoms with Crippen LogP contribution in [0.15, 0.2) is 18.2 Å². The van der Waals surface area contributed by atoms with Crippen molar-refractivity contribution in [2.45, 2.75) is 38.9 Å². The number of fused-ring (bicyclic) bond motifs is 1. The minimum atomic E-state index is -0.310. The predicted octanol–water partition coefficient (Wildman–Crippen LogP) is 2.41. The molecule has 110 valence electrons. The summed E-state index contributed by atoms with van der Waals surface area (Å²) in [6.45, 7) is 3.99. The van der Waals surface area contributed by atoms with Gasteiger partial charge in [0.1, 0.15) is 12.2 Å². The second kappa shape index (κ2) is 4.33. The lowest BCUT2D eigenvalue weighted by molar-refractivity contribution is -0.146. The standard InChI is InChI=1S/C17H18O4/c1-8-3-4-10(5-9(8)2)16(18)20-14-11-6-12-13(7-11)17(19)21-15(12)14/h3-5,11-15H,6-7H2,1-2H3. The number of benzene rings is 1. The van der Waals surface area contributed by atoms with Crippen molar-refractivity contribution in [3.8, 4) is 0 Å². The summed E-state index contributed by atoms with van der Waals surface area (Å²) in [7, 11) is 0. The van der Waals surface area contributed by atoms with E-state index in [0.29, 0.717) is 5.56 Å². The molecule has 1 aliphatic heterocycles. The van der Waals surface area contributed by atoms with Gasteiger partial charge in [-0.05, 0) is 49.9 Å². The molecule has 2 aliphatic carbocycles. The van der Waals surface area contributed by atoms with Gasteiger partial charge >= 0.3 is 11.9 Å². The normalized spacial score (nSPS) is 35.9. The molecule has 3 fully saturated rings. The van der Waals surface area contributed by atoms with Gasteiger partial charge in [-0.15, -0.1) is 0 Å². The monoisotopic (exact) mass is 286 g/mol.